The zero-order valence-electron chi connectivity index (χ0n) is 15.1. The number of likely N-dealkylation sites (N-methyl/N-ethyl adjacent to an activating group) is 1. The third-order valence-corrected chi connectivity index (χ3v) is 4.79. The summed E-state index contributed by atoms with van der Waals surface area (Å²) in [6, 6.07) is 11.9. The largest absolute Gasteiger partial charge is 0.352 e. The molecule has 2 aromatic rings. The van der Waals surface area contributed by atoms with E-state index in [2.05, 4.69) is 38.0 Å². The summed E-state index contributed by atoms with van der Waals surface area (Å²) in [6.45, 7) is 4.13. The van der Waals surface area contributed by atoms with Crippen LogP contribution in [0.1, 0.15) is 27.7 Å². The van der Waals surface area contributed by atoms with Gasteiger partial charge in [0.2, 0.25) is 0 Å². The molecule has 134 valence electrons. The van der Waals surface area contributed by atoms with Crippen LogP contribution in [0.5, 0.6) is 0 Å². The van der Waals surface area contributed by atoms with Crippen LogP contribution in [0.3, 0.4) is 0 Å². The molecular weight excluding hydrogens is 332 g/mol. The second-order valence-corrected chi connectivity index (χ2v) is 6.74. The summed E-state index contributed by atoms with van der Waals surface area (Å²) in [5.74, 6) is 0.829. The van der Waals surface area contributed by atoms with E-state index in [0.29, 0.717) is 18.7 Å². The van der Waals surface area contributed by atoms with E-state index in [9.17, 15) is 4.79 Å². The van der Waals surface area contributed by atoms with Gasteiger partial charge in [-0.2, -0.15) is 0 Å². The van der Waals surface area contributed by atoms with Crippen molar-refractivity contribution in [3.63, 3.8) is 0 Å². The van der Waals surface area contributed by atoms with Crippen LogP contribution in [0, 0.1) is 0 Å². The Bertz CT molecular complexity index is 680. The van der Waals surface area contributed by atoms with Gasteiger partial charge in [-0.05, 0) is 42.5 Å². The summed E-state index contributed by atoms with van der Waals surface area (Å²) in [6.07, 6.45) is 1.01. The van der Waals surface area contributed by atoms with E-state index in [-0.39, 0.29) is 5.91 Å². The van der Waals surface area contributed by atoms with Crippen LogP contribution in [0.4, 0.5) is 0 Å². The molecule has 0 saturated heterocycles. The second kappa shape index (κ2) is 9.84. The molecule has 0 radical (unpaired) electrons. The summed E-state index contributed by atoms with van der Waals surface area (Å²) in [5, 5.41) is 8.27. The average molecular weight is 359 g/mol. The summed E-state index contributed by atoms with van der Waals surface area (Å²) in [5.41, 5.74) is 1.80. The smallest absolute Gasteiger partial charge is 0.251 e. The van der Waals surface area contributed by atoms with E-state index in [1.165, 1.54) is 4.88 Å². The molecule has 5 nitrogen and oxygen atoms in total. The molecule has 0 bridgehead atoms. The van der Waals surface area contributed by atoms with Gasteiger partial charge in [0, 0.05) is 44.2 Å². The number of aliphatic imine (C=N–C) groups is 1. The number of benzene rings is 1. The molecule has 2 N–H and O–H groups in total. The summed E-state index contributed by atoms with van der Waals surface area (Å²) in [4.78, 5) is 19.6. The van der Waals surface area contributed by atoms with E-state index >= 15 is 0 Å². The Kier molecular flexibility index (Phi) is 7.47. The van der Waals surface area contributed by atoms with E-state index in [1.54, 1.807) is 18.4 Å². The predicted octanol–water partition coefficient (Wildman–Crippen LogP) is 2.75. The van der Waals surface area contributed by atoms with Crippen molar-refractivity contribution in [2.45, 2.75) is 19.9 Å². The highest BCUT2D eigenvalue weighted by atomic mass is 32.1. The van der Waals surface area contributed by atoms with Crippen LogP contribution in [-0.2, 0) is 13.0 Å². The normalized spacial score (nSPS) is 11.2. The minimum atomic E-state index is -0.0360. The van der Waals surface area contributed by atoms with Gasteiger partial charge in [-0.1, -0.05) is 18.2 Å². The van der Waals surface area contributed by atoms with Crippen molar-refractivity contribution < 1.29 is 4.79 Å². The number of carbonyl (C=O) groups is 1. The molecule has 6 heteroatoms. The first kappa shape index (κ1) is 19.0. The molecule has 1 heterocycles. The van der Waals surface area contributed by atoms with Crippen LogP contribution in [0.15, 0.2) is 46.8 Å². The van der Waals surface area contributed by atoms with Gasteiger partial charge < -0.3 is 15.5 Å². The third-order valence-electron chi connectivity index (χ3n) is 3.85. The highest BCUT2D eigenvalue weighted by Gasteiger charge is 2.07. The molecule has 1 amide bonds. The zero-order chi connectivity index (χ0) is 18.1. The maximum Gasteiger partial charge on any atom is 0.251 e. The first-order chi connectivity index (χ1) is 12.1. The Morgan fingerprint density at radius 1 is 1.20 bits per heavy atom. The maximum atomic E-state index is 11.8. The Morgan fingerprint density at radius 2 is 1.96 bits per heavy atom. The number of nitrogens with one attached hydrogen (secondary N) is 2. The van der Waals surface area contributed by atoms with Gasteiger partial charge in [-0.15, -0.1) is 11.3 Å². The lowest BCUT2D eigenvalue weighted by Gasteiger charge is -2.22. The van der Waals surface area contributed by atoms with E-state index < -0.39 is 0 Å². The molecule has 1 aromatic carbocycles. The maximum absolute atomic E-state index is 11.8. The van der Waals surface area contributed by atoms with Crippen LogP contribution in [0.2, 0.25) is 0 Å². The molecule has 0 spiro atoms. The van der Waals surface area contributed by atoms with Gasteiger partial charge in [0.05, 0.1) is 0 Å². The zero-order valence-corrected chi connectivity index (χ0v) is 15.9. The number of thiophene rings is 1. The van der Waals surface area contributed by atoms with E-state index in [1.807, 2.05) is 38.2 Å². The lowest BCUT2D eigenvalue weighted by atomic mass is 10.1. The lowest BCUT2D eigenvalue weighted by Crippen LogP contribution is -2.39. The molecule has 2 rings (SSSR count). The number of rotatable bonds is 7. The van der Waals surface area contributed by atoms with E-state index in [4.69, 9.17) is 0 Å². The molecule has 0 saturated carbocycles. The van der Waals surface area contributed by atoms with Crippen LogP contribution >= 0.6 is 11.3 Å². The van der Waals surface area contributed by atoms with E-state index in [0.717, 1.165) is 24.5 Å². The quantitative estimate of drug-likeness (QED) is 0.591. The molecule has 0 aliphatic carbocycles. The lowest BCUT2D eigenvalue weighted by molar-refractivity contribution is 0.0956. The number of nitrogens with zero attached hydrogens (tertiary/aromatic N) is 2. The standard InChI is InChI=1S/C19H26N4OS/c1-4-21-18(24)16-9-7-15(8-10-16)14-22-19(20-2)23(3)12-11-17-6-5-13-25-17/h5-10,13H,4,11-12,14H2,1-3H3,(H,20,22)(H,21,24). The van der Waals surface area contributed by atoms with Gasteiger partial charge in [-0.25, -0.2) is 0 Å². The number of amides is 1. The topological polar surface area (TPSA) is 56.7 Å². The number of guanidine groups is 1. The molecule has 25 heavy (non-hydrogen) atoms. The minimum absolute atomic E-state index is 0.0360. The fourth-order valence-corrected chi connectivity index (χ4v) is 3.14. The van der Waals surface area contributed by atoms with Crippen molar-refractivity contribution in [2.24, 2.45) is 4.99 Å². The fourth-order valence-electron chi connectivity index (χ4n) is 2.44. The third kappa shape index (κ3) is 5.90. The molecule has 0 fully saturated rings. The average Bonchev–Trinajstić information content (AvgIpc) is 3.14. The second-order valence-electron chi connectivity index (χ2n) is 5.71. The van der Waals surface area contributed by atoms with Crippen molar-refractivity contribution >= 4 is 23.2 Å². The molecule has 0 aliphatic heterocycles. The first-order valence-electron chi connectivity index (χ1n) is 8.45. The summed E-state index contributed by atoms with van der Waals surface area (Å²) >= 11 is 1.78. The van der Waals surface area contributed by atoms with Crippen molar-refractivity contribution in [2.75, 3.05) is 27.2 Å². The predicted molar refractivity (Wildman–Crippen MR) is 105 cm³/mol. The monoisotopic (exact) mass is 358 g/mol. The fraction of sp³-hybridized carbons (Fsp3) is 0.368. The van der Waals surface area contributed by atoms with Crippen molar-refractivity contribution in [3.05, 3.63) is 57.8 Å². The summed E-state index contributed by atoms with van der Waals surface area (Å²) < 4.78 is 0. The molecule has 0 atom stereocenters. The van der Waals surface area contributed by atoms with Crippen LogP contribution in [-0.4, -0.2) is 44.0 Å². The Morgan fingerprint density at radius 3 is 2.56 bits per heavy atom. The highest BCUT2D eigenvalue weighted by molar-refractivity contribution is 7.09. The SMILES string of the molecule is CCNC(=O)c1ccc(CNC(=NC)N(C)CCc2cccs2)cc1. The number of hydrogen-bond acceptors (Lipinski definition) is 3. The van der Waals surface area contributed by atoms with Gasteiger partial charge in [0.15, 0.2) is 5.96 Å². The molecular formula is C19H26N4OS. The van der Waals surface area contributed by atoms with Crippen molar-refractivity contribution in [3.8, 4) is 0 Å². The highest BCUT2D eigenvalue weighted by Crippen LogP contribution is 2.09. The van der Waals surface area contributed by atoms with Gasteiger partial charge in [0.25, 0.3) is 5.91 Å². The first-order valence-corrected chi connectivity index (χ1v) is 9.33. The molecule has 1 aromatic heterocycles. The molecule has 0 unspecified atom stereocenters. The molecule has 0 aliphatic rings. The van der Waals surface area contributed by atoms with Gasteiger partial charge in [-0.3, -0.25) is 9.79 Å². The minimum Gasteiger partial charge on any atom is -0.352 e. The van der Waals surface area contributed by atoms with Gasteiger partial charge in [0.1, 0.15) is 0 Å². The number of carbonyl (C=O) groups excluding carboxylic acids is 1. The summed E-state index contributed by atoms with van der Waals surface area (Å²) in [7, 11) is 3.84. The van der Waals surface area contributed by atoms with Crippen LogP contribution in [0.25, 0.3) is 0 Å². The van der Waals surface area contributed by atoms with Crippen molar-refractivity contribution in [1.29, 1.82) is 0 Å². The Hall–Kier alpha value is -2.34. The number of hydrogen-bond donors (Lipinski definition) is 2. The van der Waals surface area contributed by atoms with Gasteiger partial charge >= 0.3 is 0 Å². The van der Waals surface area contributed by atoms with Crippen molar-refractivity contribution in [1.82, 2.24) is 15.5 Å². The Balaban J connectivity index is 1.84. The Labute approximate surface area is 153 Å². The van der Waals surface area contributed by atoms with Crippen LogP contribution < -0.4 is 10.6 Å².